The van der Waals surface area contributed by atoms with Gasteiger partial charge in [0.05, 0.1) is 0 Å². The molecule has 0 saturated heterocycles. The number of rotatable bonds is 7. The molecule has 38 heavy (non-hydrogen) atoms. The van der Waals surface area contributed by atoms with E-state index in [1.807, 2.05) is 66.7 Å². The van der Waals surface area contributed by atoms with Gasteiger partial charge in [-0.1, -0.05) is 85.8 Å². The van der Waals surface area contributed by atoms with Crippen LogP contribution in [0.15, 0.2) is 127 Å². The molecule has 5 aromatic carbocycles. The van der Waals surface area contributed by atoms with Crippen molar-refractivity contribution in [3.8, 4) is 23.0 Å². The Labute approximate surface area is 222 Å². The van der Waals surface area contributed by atoms with Gasteiger partial charge in [0, 0.05) is 10.8 Å². The fraction of sp³-hybridized carbons (Fsp3) is 0.118. The van der Waals surface area contributed by atoms with Gasteiger partial charge in [-0.2, -0.15) is 0 Å². The van der Waals surface area contributed by atoms with Gasteiger partial charge >= 0.3 is 0 Å². The van der Waals surface area contributed by atoms with Crippen LogP contribution in [0.5, 0.6) is 23.0 Å². The van der Waals surface area contributed by atoms with Crippen molar-refractivity contribution < 1.29 is 20.4 Å². The molecule has 4 N–H and O–H groups in total. The summed E-state index contributed by atoms with van der Waals surface area (Å²) in [6.45, 7) is 2.17. The Kier molecular flexibility index (Phi) is 6.56. The van der Waals surface area contributed by atoms with E-state index in [-0.39, 0.29) is 23.0 Å². The molecule has 190 valence electrons. The molecule has 4 heteroatoms. The van der Waals surface area contributed by atoms with Gasteiger partial charge in [-0.25, -0.2) is 0 Å². The lowest BCUT2D eigenvalue weighted by Gasteiger charge is -2.44. The molecule has 5 aromatic rings. The van der Waals surface area contributed by atoms with E-state index >= 15 is 0 Å². The molecule has 0 unspecified atom stereocenters. The summed E-state index contributed by atoms with van der Waals surface area (Å²) in [7, 11) is 0. The highest BCUT2D eigenvalue weighted by Crippen LogP contribution is 2.51. The molecule has 0 radical (unpaired) electrons. The van der Waals surface area contributed by atoms with Crippen molar-refractivity contribution in [2.75, 3.05) is 0 Å². The monoisotopic (exact) mass is 502 g/mol. The Morgan fingerprint density at radius 3 is 1.03 bits per heavy atom. The number of phenolic OH excluding ortho intramolecular Hbond substituents is 4. The molecule has 0 aliphatic carbocycles. The van der Waals surface area contributed by atoms with Crippen LogP contribution in [0.2, 0.25) is 0 Å². The van der Waals surface area contributed by atoms with E-state index in [1.54, 1.807) is 48.5 Å². The minimum Gasteiger partial charge on any atom is -0.508 e. The lowest BCUT2D eigenvalue weighted by molar-refractivity contribution is 0.411. The summed E-state index contributed by atoms with van der Waals surface area (Å²) in [6.07, 6.45) is 0.565. The summed E-state index contributed by atoms with van der Waals surface area (Å²) in [4.78, 5) is 0. The van der Waals surface area contributed by atoms with Crippen LogP contribution in [-0.4, -0.2) is 20.4 Å². The van der Waals surface area contributed by atoms with Gasteiger partial charge in [-0.05, 0) is 82.8 Å². The summed E-state index contributed by atoms with van der Waals surface area (Å²) in [5.74, 6) is 0.740. The van der Waals surface area contributed by atoms with Crippen molar-refractivity contribution in [2.24, 2.45) is 0 Å². The maximum absolute atomic E-state index is 10.2. The Balaban J connectivity index is 1.84. The Morgan fingerprint density at radius 2 is 0.684 bits per heavy atom. The van der Waals surface area contributed by atoms with E-state index in [1.165, 1.54) is 0 Å². The number of hydrogen-bond acceptors (Lipinski definition) is 4. The van der Waals surface area contributed by atoms with Crippen LogP contribution >= 0.6 is 0 Å². The summed E-state index contributed by atoms with van der Waals surface area (Å²) in [6, 6.07) is 39.3. The molecule has 0 aliphatic heterocycles. The molecule has 0 fully saturated rings. The smallest absolute Gasteiger partial charge is 0.115 e. The van der Waals surface area contributed by atoms with Crippen LogP contribution < -0.4 is 0 Å². The van der Waals surface area contributed by atoms with Crippen molar-refractivity contribution in [3.05, 3.63) is 155 Å². The second-order valence-electron chi connectivity index (χ2n) is 9.97. The van der Waals surface area contributed by atoms with Crippen molar-refractivity contribution in [1.29, 1.82) is 0 Å². The van der Waals surface area contributed by atoms with Gasteiger partial charge in [0.15, 0.2) is 0 Å². The van der Waals surface area contributed by atoms with Gasteiger partial charge in [0.2, 0.25) is 0 Å². The molecule has 0 saturated carbocycles. The molecule has 4 nitrogen and oxygen atoms in total. The number of phenols is 4. The van der Waals surface area contributed by atoms with Crippen LogP contribution in [0.1, 0.15) is 41.2 Å². The summed E-state index contributed by atoms with van der Waals surface area (Å²) in [5, 5.41) is 40.5. The molecule has 0 aliphatic rings. The standard InChI is InChI=1S/C34H30O4/c1-33(24-7-15-29(35)16-8-24,25-9-17-30(36)18-10-25)23-34(26-5-3-2-4-6-26,27-11-19-31(37)20-12-27)28-13-21-32(38)22-14-28/h2-22,35-38H,23H2,1H3. The first-order valence-corrected chi connectivity index (χ1v) is 12.5. The fourth-order valence-corrected chi connectivity index (χ4v) is 5.58. The quantitative estimate of drug-likeness (QED) is 0.177. The van der Waals surface area contributed by atoms with Gasteiger partial charge in [-0.15, -0.1) is 0 Å². The highest BCUT2D eigenvalue weighted by Gasteiger charge is 2.44. The molecule has 0 amide bonds. The second-order valence-corrected chi connectivity index (χ2v) is 9.97. The van der Waals surface area contributed by atoms with E-state index in [4.69, 9.17) is 0 Å². The maximum Gasteiger partial charge on any atom is 0.115 e. The SMILES string of the molecule is CC(CC(c1ccccc1)(c1ccc(O)cc1)c1ccc(O)cc1)(c1ccc(O)cc1)c1ccc(O)cc1. The zero-order chi connectivity index (χ0) is 26.8. The van der Waals surface area contributed by atoms with Crippen LogP contribution in [0, 0.1) is 0 Å². The summed E-state index contributed by atoms with van der Waals surface area (Å²) >= 11 is 0. The minimum absolute atomic E-state index is 0.182. The molecule has 0 atom stereocenters. The van der Waals surface area contributed by atoms with Crippen LogP contribution in [0.25, 0.3) is 0 Å². The average molecular weight is 503 g/mol. The fourth-order valence-electron chi connectivity index (χ4n) is 5.58. The second kappa shape index (κ2) is 9.98. The maximum atomic E-state index is 10.2. The Morgan fingerprint density at radius 1 is 0.395 bits per heavy atom. The molecule has 0 heterocycles. The molecule has 0 bridgehead atoms. The lowest BCUT2D eigenvalue weighted by Crippen LogP contribution is -2.39. The number of benzene rings is 5. The number of aromatic hydroxyl groups is 4. The largest absolute Gasteiger partial charge is 0.508 e. The van der Waals surface area contributed by atoms with Gasteiger partial charge in [-0.3, -0.25) is 0 Å². The van der Waals surface area contributed by atoms with Crippen molar-refractivity contribution in [3.63, 3.8) is 0 Å². The lowest BCUT2D eigenvalue weighted by atomic mass is 9.58. The highest BCUT2D eigenvalue weighted by molar-refractivity contribution is 5.55. The van der Waals surface area contributed by atoms with Gasteiger partial charge < -0.3 is 20.4 Å². The third kappa shape index (κ3) is 4.57. The van der Waals surface area contributed by atoms with E-state index < -0.39 is 10.8 Å². The van der Waals surface area contributed by atoms with Crippen molar-refractivity contribution in [2.45, 2.75) is 24.2 Å². The topological polar surface area (TPSA) is 80.9 Å². The van der Waals surface area contributed by atoms with E-state index in [0.29, 0.717) is 6.42 Å². The van der Waals surface area contributed by atoms with E-state index in [9.17, 15) is 20.4 Å². The Hall–Kier alpha value is -4.70. The molecule has 0 spiro atoms. The highest BCUT2D eigenvalue weighted by atomic mass is 16.3. The number of hydrogen-bond donors (Lipinski definition) is 4. The first kappa shape index (κ1) is 25.0. The molecular formula is C34H30O4. The third-order valence-electron chi connectivity index (χ3n) is 7.61. The molecule has 5 rings (SSSR count). The predicted molar refractivity (Wildman–Crippen MR) is 150 cm³/mol. The Bertz CT molecular complexity index is 1400. The molecular weight excluding hydrogens is 472 g/mol. The van der Waals surface area contributed by atoms with Gasteiger partial charge in [0.25, 0.3) is 0 Å². The average Bonchev–Trinajstić information content (AvgIpc) is 2.94. The third-order valence-corrected chi connectivity index (χ3v) is 7.61. The van der Waals surface area contributed by atoms with Crippen LogP contribution in [0.3, 0.4) is 0 Å². The first-order chi connectivity index (χ1) is 18.3. The van der Waals surface area contributed by atoms with Crippen molar-refractivity contribution in [1.82, 2.24) is 0 Å². The van der Waals surface area contributed by atoms with Crippen molar-refractivity contribution >= 4 is 0 Å². The minimum atomic E-state index is -0.701. The molecule has 0 aromatic heterocycles. The first-order valence-electron chi connectivity index (χ1n) is 12.5. The van der Waals surface area contributed by atoms with E-state index in [2.05, 4.69) is 19.1 Å². The summed E-state index contributed by atoms with van der Waals surface area (Å²) in [5.41, 5.74) is 3.73. The van der Waals surface area contributed by atoms with Crippen LogP contribution in [0.4, 0.5) is 0 Å². The van der Waals surface area contributed by atoms with Crippen LogP contribution in [-0.2, 0) is 10.8 Å². The van der Waals surface area contributed by atoms with E-state index in [0.717, 1.165) is 27.8 Å². The van der Waals surface area contributed by atoms with Gasteiger partial charge in [0.1, 0.15) is 23.0 Å². The zero-order valence-electron chi connectivity index (χ0n) is 21.1. The predicted octanol–water partition coefficient (Wildman–Crippen LogP) is 7.24. The summed E-state index contributed by atoms with van der Waals surface area (Å²) < 4.78 is 0. The zero-order valence-corrected chi connectivity index (χ0v) is 21.1. The normalized spacial score (nSPS) is 11.8.